The molecule has 0 radical (unpaired) electrons. The largest absolute Gasteiger partial charge is 0.392 e. The SMILES string of the molecule is CCC(C)C(O)C1(CN)CCC(C(C)C)CC1. The average molecular weight is 241 g/mol. The van der Waals surface area contributed by atoms with Crippen molar-refractivity contribution in [2.45, 2.75) is 65.9 Å². The topological polar surface area (TPSA) is 46.2 Å². The highest BCUT2D eigenvalue weighted by atomic mass is 16.3. The maximum atomic E-state index is 10.5. The van der Waals surface area contributed by atoms with E-state index in [0.29, 0.717) is 12.5 Å². The molecule has 0 heterocycles. The van der Waals surface area contributed by atoms with E-state index >= 15 is 0 Å². The van der Waals surface area contributed by atoms with Gasteiger partial charge >= 0.3 is 0 Å². The highest BCUT2D eigenvalue weighted by Crippen LogP contribution is 2.45. The fraction of sp³-hybridized carbons (Fsp3) is 1.00. The zero-order valence-corrected chi connectivity index (χ0v) is 12.1. The third-order valence-electron chi connectivity index (χ3n) is 5.19. The molecule has 0 aromatic carbocycles. The summed E-state index contributed by atoms with van der Waals surface area (Å²) in [5.41, 5.74) is 5.99. The second-order valence-electron chi connectivity index (χ2n) is 6.48. The third-order valence-corrected chi connectivity index (χ3v) is 5.19. The highest BCUT2D eigenvalue weighted by Gasteiger charge is 2.42. The van der Waals surface area contributed by atoms with Crippen LogP contribution in [0.25, 0.3) is 0 Å². The smallest absolute Gasteiger partial charge is 0.0633 e. The van der Waals surface area contributed by atoms with Gasteiger partial charge in [0, 0.05) is 12.0 Å². The molecule has 2 atom stereocenters. The molecule has 2 nitrogen and oxygen atoms in total. The molecule has 17 heavy (non-hydrogen) atoms. The summed E-state index contributed by atoms with van der Waals surface area (Å²) in [4.78, 5) is 0. The van der Waals surface area contributed by atoms with Gasteiger partial charge in [-0.15, -0.1) is 0 Å². The zero-order valence-electron chi connectivity index (χ0n) is 12.1. The molecule has 0 bridgehead atoms. The molecule has 2 unspecified atom stereocenters. The Morgan fingerprint density at radius 3 is 2.12 bits per heavy atom. The summed E-state index contributed by atoms with van der Waals surface area (Å²) in [6.45, 7) is 9.56. The molecule has 2 heteroatoms. The second-order valence-corrected chi connectivity index (χ2v) is 6.48. The Hall–Kier alpha value is -0.0800. The van der Waals surface area contributed by atoms with Gasteiger partial charge in [-0.1, -0.05) is 34.1 Å². The number of hydrogen-bond donors (Lipinski definition) is 2. The Kier molecular flexibility index (Phi) is 5.46. The molecule has 1 aliphatic carbocycles. The molecule has 1 aliphatic rings. The van der Waals surface area contributed by atoms with Crippen LogP contribution >= 0.6 is 0 Å². The van der Waals surface area contributed by atoms with Crippen molar-refractivity contribution in [3.8, 4) is 0 Å². The van der Waals surface area contributed by atoms with Crippen LogP contribution in [0.4, 0.5) is 0 Å². The van der Waals surface area contributed by atoms with Crippen molar-refractivity contribution in [2.75, 3.05) is 6.54 Å². The lowest BCUT2D eigenvalue weighted by Crippen LogP contribution is -2.47. The van der Waals surface area contributed by atoms with Gasteiger partial charge in [0.1, 0.15) is 0 Å². The molecule has 1 rings (SSSR count). The minimum atomic E-state index is -0.217. The van der Waals surface area contributed by atoms with Crippen molar-refractivity contribution in [3.63, 3.8) is 0 Å². The summed E-state index contributed by atoms with van der Waals surface area (Å²) in [7, 11) is 0. The van der Waals surface area contributed by atoms with Crippen LogP contribution in [-0.4, -0.2) is 17.8 Å². The van der Waals surface area contributed by atoms with Crippen LogP contribution in [0.5, 0.6) is 0 Å². The van der Waals surface area contributed by atoms with Crippen LogP contribution in [0, 0.1) is 23.2 Å². The van der Waals surface area contributed by atoms with E-state index in [1.54, 1.807) is 0 Å². The first-order chi connectivity index (χ1) is 7.96. The summed E-state index contributed by atoms with van der Waals surface area (Å²) in [5.74, 6) is 1.97. The maximum Gasteiger partial charge on any atom is 0.0633 e. The Morgan fingerprint density at radius 2 is 1.76 bits per heavy atom. The lowest BCUT2D eigenvalue weighted by Gasteiger charge is -2.45. The fourth-order valence-electron chi connectivity index (χ4n) is 3.33. The van der Waals surface area contributed by atoms with Crippen molar-refractivity contribution in [3.05, 3.63) is 0 Å². The van der Waals surface area contributed by atoms with E-state index in [1.165, 1.54) is 12.8 Å². The van der Waals surface area contributed by atoms with Gasteiger partial charge in [0.15, 0.2) is 0 Å². The molecule has 1 saturated carbocycles. The van der Waals surface area contributed by atoms with Gasteiger partial charge < -0.3 is 10.8 Å². The summed E-state index contributed by atoms with van der Waals surface area (Å²) in [5, 5.41) is 10.5. The molecule has 102 valence electrons. The Bertz CT molecular complexity index is 219. The zero-order chi connectivity index (χ0) is 13.1. The molecule has 0 aliphatic heterocycles. The van der Waals surface area contributed by atoms with Crippen LogP contribution in [0.1, 0.15) is 59.8 Å². The predicted octanol–water partition coefficient (Wildman–Crippen LogP) is 3.18. The van der Waals surface area contributed by atoms with Crippen molar-refractivity contribution in [1.82, 2.24) is 0 Å². The van der Waals surface area contributed by atoms with Gasteiger partial charge in [-0.3, -0.25) is 0 Å². The van der Waals surface area contributed by atoms with E-state index in [0.717, 1.165) is 31.1 Å². The van der Waals surface area contributed by atoms with Crippen molar-refractivity contribution >= 4 is 0 Å². The van der Waals surface area contributed by atoms with Crippen molar-refractivity contribution < 1.29 is 5.11 Å². The van der Waals surface area contributed by atoms with Gasteiger partial charge in [0.25, 0.3) is 0 Å². The van der Waals surface area contributed by atoms with E-state index in [2.05, 4.69) is 27.7 Å². The van der Waals surface area contributed by atoms with Gasteiger partial charge in [-0.2, -0.15) is 0 Å². The lowest BCUT2D eigenvalue weighted by molar-refractivity contribution is -0.0444. The van der Waals surface area contributed by atoms with E-state index in [-0.39, 0.29) is 11.5 Å². The van der Waals surface area contributed by atoms with Crippen LogP contribution in [0.3, 0.4) is 0 Å². The molecule has 3 N–H and O–H groups in total. The first-order valence-electron chi connectivity index (χ1n) is 7.35. The normalized spacial score (nSPS) is 33.7. The molecule has 0 spiro atoms. The van der Waals surface area contributed by atoms with Crippen molar-refractivity contribution in [2.24, 2.45) is 28.9 Å². The number of rotatable bonds is 5. The first-order valence-corrected chi connectivity index (χ1v) is 7.35. The van der Waals surface area contributed by atoms with Gasteiger partial charge in [-0.05, 0) is 43.4 Å². The average Bonchev–Trinajstić information content (AvgIpc) is 2.36. The Morgan fingerprint density at radius 1 is 1.24 bits per heavy atom. The predicted molar refractivity (Wildman–Crippen MR) is 73.7 cm³/mol. The Labute approximate surface area is 107 Å². The fourth-order valence-corrected chi connectivity index (χ4v) is 3.33. The standard InChI is InChI=1S/C15H31NO/c1-5-12(4)14(17)15(10-16)8-6-13(7-9-15)11(2)3/h11-14,17H,5-10,16H2,1-4H3. The maximum absolute atomic E-state index is 10.5. The number of aliphatic hydroxyl groups excluding tert-OH is 1. The number of aliphatic hydroxyl groups is 1. The van der Waals surface area contributed by atoms with Gasteiger partial charge in [0.05, 0.1) is 6.10 Å². The highest BCUT2D eigenvalue weighted by molar-refractivity contribution is 4.94. The second kappa shape index (κ2) is 6.19. The molecular weight excluding hydrogens is 210 g/mol. The van der Waals surface area contributed by atoms with E-state index < -0.39 is 0 Å². The monoisotopic (exact) mass is 241 g/mol. The van der Waals surface area contributed by atoms with E-state index in [4.69, 9.17) is 5.73 Å². The molecular formula is C15H31NO. The van der Waals surface area contributed by atoms with Crippen molar-refractivity contribution in [1.29, 1.82) is 0 Å². The van der Waals surface area contributed by atoms with Crippen LogP contribution in [0.15, 0.2) is 0 Å². The summed E-state index contributed by atoms with van der Waals surface area (Å²) < 4.78 is 0. The lowest BCUT2D eigenvalue weighted by atomic mass is 9.63. The number of nitrogens with two attached hydrogens (primary N) is 1. The quantitative estimate of drug-likeness (QED) is 0.776. The minimum Gasteiger partial charge on any atom is -0.392 e. The third kappa shape index (κ3) is 3.23. The Balaban J connectivity index is 2.66. The van der Waals surface area contributed by atoms with Crippen LogP contribution in [-0.2, 0) is 0 Å². The number of hydrogen-bond acceptors (Lipinski definition) is 2. The van der Waals surface area contributed by atoms with Crippen LogP contribution in [0.2, 0.25) is 0 Å². The summed E-state index contributed by atoms with van der Waals surface area (Å²) in [6, 6.07) is 0. The molecule has 0 aromatic heterocycles. The minimum absolute atomic E-state index is 0.000810. The molecule has 0 aromatic rings. The molecule has 0 saturated heterocycles. The van der Waals surface area contributed by atoms with Gasteiger partial charge in [0.2, 0.25) is 0 Å². The summed E-state index contributed by atoms with van der Waals surface area (Å²) >= 11 is 0. The first kappa shape index (κ1) is 15.0. The van der Waals surface area contributed by atoms with Gasteiger partial charge in [-0.25, -0.2) is 0 Å². The molecule has 1 fully saturated rings. The molecule has 0 amide bonds. The van der Waals surface area contributed by atoms with Crippen LogP contribution < -0.4 is 5.73 Å². The summed E-state index contributed by atoms with van der Waals surface area (Å²) in [6.07, 6.45) is 5.52. The van der Waals surface area contributed by atoms with E-state index in [9.17, 15) is 5.11 Å². The van der Waals surface area contributed by atoms with E-state index in [1.807, 2.05) is 0 Å².